The summed E-state index contributed by atoms with van der Waals surface area (Å²) in [4.78, 5) is 37.4. The number of hydrogen-bond acceptors (Lipinski definition) is 4. The summed E-state index contributed by atoms with van der Waals surface area (Å²) in [5.41, 5.74) is 0.707. The van der Waals surface area contributed by atoms with Crippen molar-refractivity contribution in [2.24, 2.45) is 0 Å². The predicted molar refractivity (Wildman–Crippen MR) is 71.8 cm³/mol. The van der Waals surface area contributed by atoms with Crippen LogP contribution in [0, 0.1) is 11.3 Å². The topological polar surface area (TPSA) is 90.3 Å². The number of nitrogens with one attached hydrogen (secondary N) is 1. The van der Waals surface area contributed by atoms with Gasteiger partial charge in [-0.25, -0.2) is 0 Å². The van der Waals surface area contributed by atoms with Crippen molar-refractivity contribution in [2.75, 3.05) is 0 Å². The van der Waals surface area contributed by atoms with Crippen LogP contribution >= 0.6 is 0 Å². The Bertz CT molecular complexity index is 719. The van der Waals surface area contributed by atoms with Gasteiger partial charge in [0, 0.05) is 18.5 Å². The Kier molecular flexibility index (Phi) is 2.80. The van der Waals surface area contributed by atoms with Gasteiger partial charge in [-0.15, -0.1) is 0 Å². The smallest absolute Gasteiger partial charge is 0.255 e. The number of rotatable bonds is 1. The Morgan fingerprint density at radius 1 is 1.33 bits per heavy atom. The molecule has 2 aliphatic rings. The van der Waals surface area contributed by atoms with Crippen LogP contribution in [0.15, 0.2) is 18.2 Å². The van der Waals surface area contributed by atoms with Crippen LogP contribution in [0.4, 0.5) is 0 Å². The van der Waals surface area contributed by atoms with Crippen molar-refractivity contribution in [3.05, 3.63) is 34.9 Å². The lowest BCUT2D eigenvalue weighted by molar-refractivity contribution is -0.142. The molecule has 21 heavy (non-hydrogen) atoms. The minimum Gasteiger partial charge on any atom is -0.320 e. The van der Waals surface area contributed by atoms with Crippen LogP contribution in [0.2, 0.25) is 0 Å². The summed E-state index contributed by atoms with van der Waals surface area (Å²) < 4.78 is 0. The Hall–Kier alpha value is -2.68. The summed E-state index contributed by atoms with van der Waals surface area (Å²) in [6.45, 7) is 1.95. The average molecular weight is 283 g/mol. The van der Waals surface area contributed by atoms with Crippen molar-refractivity contribution >= 4 is 17.7 Å². The Morgan fingerprint density at radius 3 is 2.76 bits per heavy atom. The van der Waals surface area contributed by atoms with Crippen molar-refractivity contribution in [2.45, 2.75) is 31.8 Å². The van der Waals surface area contributed by atoms with Gasteiger partial charge < -0.3 is 4.90 Å². The highest BCUT2D eigenvalue weighted by Gasteiger charge is 2.48. The van der Waals surface area contributed by atoms with Gasteiger partial charge in [-0.3, -0.25) is 19.7 Å². The zero-order valence-electron chi connectivity index (χ0n) is 11.5. The van der Waals surface area contributed by atoms with E-state index in [9.17, 15) is 14.4 Å². The number of amides is 3. The van der Waals surface area contributed by atoms with Gasteiger partial charge in [0.2, 0.25) is 5.91 Å². The number of nitrogens with zero attached hydrogens (tertiary/aromatic N) is 2. The SMILES string of the molecule is C[C@]1(N2Cc3cc(C#N)ccc3C2=O)CCC(=O)NC1=O. The highest BCUT2D eigenvalue weighted by Crippen LogP contribution is 2.34. The van der Waals surface area contributed by atoms with Gasteiger partial charge in [0.05, 0.1) is 11.6 Å². The van der Waals surface area contributed by atoms with Crippen molar-refractivity contribution in [3.8, 4) is 6.07 Å². The lowest BCUT2D eigenvalue weighted by Gasteiger charge is -2.39. The lowest BCUT2D eigenvalue weighted by atomic mass is 9.89. The van der Waals surface area contributed by atoms with E-state index < -0.39 is 11.4 Å². The average Bonchev–Trinajstić information content (AvgIpc) is 2.80. The molecule has 0 aromatic heterocycles. The first-order valence-corrected chi connectivity index (χ1v) is 6.65. The molecule has 1 fully saturated rings. The van der Waals surface area contributed by atoms with E-state index in [1.54, 1.807) is 25.1 Å². The second kappa shape index (κ2) is 4.42. The standard InChI is InChI=1S/C15H13N3O3/c1-15(5-4-12(19)17-14(15)21)18-8-10-6-9(7-16)2-3-11(10)13(18)20/h2-3,6H,4-5,8H2,1H3,(H,17,19,21)/t15-/m0/s1. The molecule has 0 spiro atoms. The highest BCUT2D eigenvalue weighted by molar-refractivity contribution is 6.07. The maximum absolute atomic E-state index is 12.5. The number of hydrogen-bond donors (Lipinski definition) is 1. The Morgan fingerprint density at radius 2 is 2.10 bits per heavy atom. The van der Waals surface area contributed by atoms with E-state index in [0.717, 1.165) is 5.56 Å². The van der Waals surface area contributed by atoms with Crippen LogP contribution in [0.3, 0.4) is 0 Å². The van der Waals surface area contributed by atoms with Gasteiger partial charge in [0.25, 0.3) is 11.8 Å². The monoisotopic (exact) mass is 283 g/mol. The normalized spacial score (nSPS) is 24.6. The summed E-state index contributed by atoms with van der Waals surface area (Å²) >= 11 is 0. The molecule has 0 bridgehead atoms. The first-order valence-electron chi connectivity index (χ1n) is 6.65. The van der Waals surface area contributed by atoms with E-state index in [0.29, 0.717) is 17.5 Å². The van der Waals surface area contributed by atoms with Crippen molar-refractivity contribution in [1.29, 1.82) is 5.26 Å². The summed E-state index contributed by atoms with van der Waals surface area (Å²) in [6.07, 6.45) is 0.522. The van der Waals surface area contributed by atoms with Crippen LogP contribution in [0.1, 0.15) is 41.3 Å². The van der Waals surface area contributed by atoms with E-state index in [1.807, 2.05) is 6.07 Å². The number of benzene rings is 1. The first-order chi connectivity index (χ1) is 9.95. The Balaban J connectivity index is 1.96. The second-order valence-electron chi connectivity index (χ2n) is 5.53. The summed E-state index contributed by atoms with van der Waals surface area (Å²) in [5, 5.41) is 11.2. The Labute approximate surface area is 121 Å². The van der Waals surface area contributed by atoms with Crippen LogP contribution < -0.4 is 5.32 Å². The molecule has 3 amide bonds. The second-order valence-corrected chi connectivity index (χ2v) is 5.53. The molecule has 6 nitrogen and oxygen atoms in total. The molecule has 0 aliphatic carbocycles. The molecule has 0 saturated carbocycles. The van der Waals surface area contributed by atoms with Gasteiger partial charge in [-0.05, 0) is 37.1 Å². The largest absolute Gasteiger partial charge is 0.320 e. The van der Waals surface area contributed by atoms with Crippen LogP contribution in [-0.2, 0) is 16.1 Å². The third-order valence-corrected chi connectivity index (χ3v) is 4.22. The van der Waals surface area contributed by atoms with E-state index in [4.69, 9.17) is 5.26 Å². The van der Waals surface area contributed by atoms with Gasteiger partial charge >= 0.3 is 0 Å². The summed E-state index contributed by atoms with van der Waals surface area (Å²) in [7, 11) is 0. The van der Waals surface area contributed by atoms with Crippen LogP contribution in [0.5, 0.6) is 0 Å². The molecule has 106 valence electrons. The molecule has 1 saturated heterocycles. The number of carbonyl (C=O) groups excluding carboxylic acids is 3. The van der Waals surface area contributed by atoms with Crippen molar-refractivity contribution in [3.63, 3.8) is 0 Å². The van der Waals surface area contributed by atoms with Crippen molar-refractivity contribution in [1.82, 2.24) is 10.2 Å². The lowest BCUT2D eigenvalue weighted by Crippen LogP contribution is -2.61. The third kappa shape index (κ3) is 1.89. The number of piperidine rings is 1. The maximum Gasteiger partial charge on any atom is 0.255 e. The minimum atomic E-state index is -1.03. The van der Waals surface area contributed by atoms with E-state index in [-0.39, 0.29) is 24.8 Å². The number of imide groups is 1. The van der Waals surface area contributed by atoms with Gasteiger partial charge in [0.15, 0.2) is 0 Å². The predicted octanol–water partition coefficient (Wildman–Crippen LogP) is 0.709. The molecule has 6 heteroatoms. The molecular weight excluding hydrogens is 270 g/mol. The molecule has 2 heterocycles. The fourth-order valence-electron chi connectivity index (χ4n) is 2.84. The van der Waals surface area contributed by atoms with E-state index in [1.165, 1.54) is 4.90 Å². The quantitative estimate of drug-likeness (QED) is 0.768. The molecular formula is C15H13N3O3. The van der Waals surface area contributed by atoms with Crippen LogP contribution in [0.25, 0.3) is 0 Å². The maximum atomic E-state index is 12.5. The summed E-state index contributed by atoms with van der Waals surface area (Å²) in [6, 6.07) is 6.91. The van der Waals surface area contributed by atoms with Crippen molar-refractivity contribution < 1.29 is 14.4 Å². The molecule has 1 aromatic carbocycles. The first kappa shape index (κ1) is 13.3. The van der Waals surface area contributed by atoms with Gasteiger partial charge in [-0.1, -0.05) is 0 Å². The fraction of sp³-hybridized carbons (Fsp3) is 0.333. The highest BCUT2D eigenvalue weighted by atomic mass is 16.2. The minimum absolute atomic E-state index is 0.214. The molecule has 0 unspecified atom stereocenters. The number of fused-ring (bicyclic) bond motifs is 1. The zero-order chi connectivity index (χ0) is 15.2. The third-order valence-electron chi connectivity index (χ3n) is 4.22. The van der Waals surface area contributed by atoms with E-state index >= 15 is 0 Å². The zero-order valence-corrected chi connectivity index (χ0v) is 11.5. The molecule has 2 aliphatic heterocycles. The summed E-state index contributed by atoms with van der Waals surface area (Å²) in [5.74, 6) is -0.990. The van der Waals surface area contributed by atoms with Crippen LogP contribution in [-0.4, -0.2) is 28.2 Å². The molecule has 1 atom stereocenters. The van der Waals surface area contributed by atoms with Gasteiger partial charge in [-0.2, -0.15) is 5.26 Å². The molecule has 3 rings (SSSR count). The molecule has 0 radical (unpaired) electrons. The molecule has 1 aromatic rings. The number of carbonyl (C=O) groups is 3. The van der Waals surface area contributed by atoms with E-state index in [2.05, 4.69) is 5.32 Å². The van der Waals surface area contributed by atoms with Gasteiger partial charge in [0.1, 0.15) is 5.54 Å². The number of nitriles is 1. The molecule has 1 N–H and O–H groups in total. The fourth-order valence-corrected chi connectivity index (χ4v) is 2.84.